The lowest BCUT2D eigenvalue weighted by molar-refractivity contribution is -0.0846. The molecule has 1 rings (SSSR count). The zero-order chi connectivity index (χ0) is 11.1. The molecule has 0 radical (unpaired) electrons. The lowest BCUT2D eigenvalue weighted by Gasteiger charge is -2.22. The van der Waals surface area contributed by atoms with E-state index in [0.29, 0.717) is 32.8 Å². The first kappa shape index (κ1) is 12.9. The number of sulfonamides is 1. The summed E-state index contributed by atoms with van der Waals surface area (Å²) in [5.41, 5.74) is 5.24. The Labute approximate surface area is 90.2 Å². The Balaban J connectivity index is 2.22. The van der Waals surface area contributed by atoms with Gasteiger partial charge < -0.3 is 15.2 Å². The van der Waals surface area contributed by atoms with E-state index in [1.54, 1.807) is 0 Å². The number of ether oxygens (including phenoxy) is 2. The van der Waals surface area contributed by atoms with E-state index in [9.17, 15) is 8.42 Å². The molecule has 0 aromatic rings. The van der Waals surface area contributed by atoms with Crippen molar-refractivity contribution >= 4 is 10.0 Å². The molecule has 3 N–H and O–H groups in total. The second kappa shape index (κ2) is 6.39. The van der Waals surface area contributed by atoms with Crippen molar-refractivity contribution in [3.8, 4) is 0 Å². The summed E-state index contributed by atoms with van der Waals surface area (Å²) in [6, 6.07) is 0. The van der Waals surface area contributed by atoms with Gasteiger partial charge in [0, 0.05) is 6.54 Å². The topological polar surface area (TPSA) is 90.7 Å². The normalized spacial score (nSPS) is 22.9. The molecule has 0 spiro atoms. The quantitative estimate of drug-likeness (QED) is 0.598. The number of hydrogen-bond acceptors (Lipinski definition) is 5. The van der Waals surface area contributed by atoms with Gasteiger partial charge >= 0.3 is 0 Å². The molecule has 90 valence electrons. The molecule has 1 atom stereocenters. The Morgan fingerprint density at radius 2 is 2.20 bits per heavy atom. The molecular weight excluding hydrogens is 220 g/mol. The van der Waals surface area contributed by atoms with Crippen molar-refractivity contribution in [2.75, 3.05) is 38.7 Å². The van der Waals surface area contributed by atoms with Crippen molar-refractivity contribution in [2.24, 2.45) is 5.73 Å². The predicted octanol–water partition coefficient (Wildman–Crippen LogP) is -1.33. The van der Waals surface area contributed by atoms with Crippen LogP contribution in [0.2, 0.25) is 0 Å². The molecule has 0 bridgehead atoms. The summed E-state index contributed by atoms with van der Waals surface area (Å²) in [5, 5.41) is 0. The highest BCUT2D eigenvalue weighted by Crippen LogP contribution is 2.00. The smallest absolute Gasteiger partial charge is 0.211 e. The van der Waals surface area contributed by atoms with E-state index in [-0.39, 0.29) is 18.4 Å². The van der Waals surface area contributed by atoms with Gasteiger partial charge in [-0.15, -0.1) is 0 Å². The molecule has 6 nitrogen and oxygen atoms in total. The summed E-state index contributed by atoms with van der Waals surface area (Å²) in [6.07, 6.45) is 0.295. The Morgan fingerprint density at radius 3 is 2.80 bits per heavy atom. The Hall–Kier alpha value is -0.210. The molecule has 0 amide bonds. The van der Waals surface area contributed by atoms with Gasteiger partial charge in [0.1, 0.15) is 0 Å². The molecule has 1 fully saturated rings. The van der Waals surface area contributed by atoms with Crippen molar-refractivity contribution in [2.45, 2.75) is 12.5 Å². The third kappa shape index (κ3) is 5.43. The van der Waals surface area contributed by atoms with Gasteiger partial charge in [-0.1, -0.05) is 0 Å². The van der Waals surface area contributed by atoms with Crippen LogP contribution < -0.4 is 10.5 Å². The molecule has 1 heterocycles. The maximum absolute atomic E-state index is 11.4. The van der Waals surface area contributed by atoms with Crippen LogP contribution in [0.3, 0.4) is 0 Å². The zero-order valence-corrected chi connectivity index (χ0v) is 9.46. The first-order chi connectivity index (χ1) is 7.14. The van der Waals surface area contributed by atoms with Gasteiger partial charge in [-0.05, 0) is 13.0 Å². The maximum Gasteiger partial charge on any atom is 0.211 e. The van der Waals surface area contributed by atoms with Crippen LogP contribution in [0.5, 0.6) is 0 Å². The van der Waals surface area contributed by atoms with Crippen LogP contribution in [0.1, 0.15) is 6.42 Å². The molecule has 1 aliphatic rings. The van der Waals surface area contributed by atoms with Gasteiger partial charge in [-0.3, -0.25) is 0 Å². The third-order valence-electron chi connectivity index (χ3n) is 2.03. The number of hydrogen-bond donors (Lipinski definition) is 2. The van der Waals surface area contributed by atoms with Crippen LogP contribution in [0, 0.1) is 0 Å². The molecule has 1 unspecified atom stereocenters. The molecule has 7 heteroatoms. The van der Waals surface area contributed by atoms with E-state index in [1.807, 2.05) is 0 Å². The Morgan fingerprint density at radius 1 is 1.40 bits per heavy atom. The van der Waals surface area contributed by atoms with Crippen molar-refractivity contribution in [3.05, 3.63) is 0 Å². The SMILES string of the molecule is NCCCS(=O)(=O)NCC1COCCO1. The first-order valence-electron chi connectivity index (χ1n) is 5.01. The van der Waals surface area contributed by atoms with Gasteiger partial charge in [0.05, 0.1) is 31.7 Å². The summed E-state index contributed by atoms with van der Waals surface area (Å²) < 4.78 is 35.7. The summed E-state index contributed by atoms with van der Waals surface area (Å²) in [6.45, 7) is 2.20. The minimum absolute atomic E-state index is 0.0665. The molecule has 15 heavy (non-hydrogen) atoms. The van der Waals surface area contributed by atoms with Crippen molar-refractivity contribution in [1.82, 2.24) is 4.72 Å². The second-order valence-corrected chi connectivity index (χ2v) is 5.30. The lowest BCUT2D eigenvalue weighted by atomic mass is 10.3. The fraction of sp³-hybridized carbons (Fsp3) is 1.00. The predicted molar refractivity (Wildman–Crippen MR) is 56.0 cm³/mol. The maximum atomic E-state index is 11.4. The van der Waals surface area contributed by atoms with Crippen LogP contribution in [0.15, 0.2) is 0 Å². The highest BCUT2D eigenvalue weighted by Gasteiger charge is 2.17. The first-order valence-corrected chi connectivity index (χ1v) is 6.66. The minimum Gasteiger partial charge on any atom is -0.376 e. The molecular formula is C8H18N2O4S. The summed E-state index contributed by atoms with van der Waals surface area (Å²) in [4.78, 5) is 0. The highest BCUT2D eigenvalue weighted by molar-refractivity contribution is 7.89. The fourth-order valence-electron chi connectivity index (χ4n) is 1.22. The Bertz CT molecular complexity index is 262. The van der Waals surface area contributed by atoms with Gasteiger partial charge in [0.25, 0.3) is 0 Å². The van der Waals surface area contributed by atoms with E-state index in [4.69, 9.17) is 15.2 Å². The monoisotopic (exact) mass is 238 g/mol. The van der Waals surface area contributed by atoms with Crippen molar-refractivity contribution in [3.63, 3.8) is 0 Å². The van der Waals surface area contributed by atoms with Gasteiger partial charge in [0.15, 0.2) is 0 Å². The van der Waals surface area contributed by atoms with Crippen molar-refractivity contribution < 1.29 is 17.9 Å². The molecule has 0 aromatic heterocycles. The number of nitrogens with one attached hydrogen (secondary N) is 1. The lowest BCUT2D eigenvalue weighted by Crippen LogP contribution is -2.40. The fourth-order valence-corrected chi connectivity index (χ4v) is 2.35. The molecule has 0 aliphatic carbocycles. The van der Waals surface area contributed by atoms with Crippen LogP contribution in [-0.4, -0.2) is 53.2 Å². The highest BCUT2D eigenvalue weighted by atomic mass is 32.2. The van der Waals surface area contributed by atoms with Gasteiger partial charge in [0.2, 0.25) is 10.0 Å². The van der Waals surface area contributed by atoms with E-state index in [2.05, 4.69) is 4.72 Å². The average Bonchev–Trinajstić information content (AvgIpc) is 2.25. The van der Waals surface area contributed by atoms with Gasteiger partial charge in [-0.25, -0.2) is 13.1 Å². The second-order valence-electron chi connectivity index (χ2n) is 3.38. The van der Waals surface area contributed by atoms with Crippen LogP contribution in [0.4, 0.5) is 0 Å². The van der Waals surface area contributed by atoms with E-state index < -0.39 is 10.0 Å². The summed E-state index contributed by atoms with van der Waals surface area (Å²) in [5.74, 6) is 0.0665. The Kier molecular flexibility index (Phi) is 5.48. The summed E-state index contributed by atoms with van der Waals surface area (Å²) in [7, 11) is -3.21. The molecule has 0 aromatic carbocycles. The van der Waals surface area contributed by atoms with Crippen LogP contribution in [-0.2, 0) is 19.5 Å². The zero-order valence-electron chi connectivity index (χ0n) is 8.65. The molecule has 1 saturated heterocycles. The minimum atomic E-state index is -3.21. The standard InChI is InChI=1S/C8H18N2O4S/c9-2-1-5-15(11,12)10-6-8-7-13-3-4-14-8/h8,10H,1-7,9H2. The number of nitrogens with two attached hydrogens (primary N) is 1. The van der Waals surface area contributed by atoms with Crippen molar-refractivity contribution in [1.29, 1.82) is 0 Å². The van der Waals surface area contributed by atoms with E-state index >= 15 is 0 Å². The van der Waals surface area contributed by atoms with Crippen LogP contribution >= 0.6 is 0 Å². The third-order valence-corrected chi connectivity index (χ3v) is 3.47. The van der Waals surface area contributed by atoms with E-state index in [1.165, 1.54) is 0 Å². The molecule has 1 aliphatic heterocycles. The molecule has 0 saturated carbocycles. The van der Waals surface area contributed by atoms with Gasteiger partial charge in [-0.2, -0.15) is 0 Å². The summed E-state index contributed by atoms with van der Waals surface area (Å²) >= 11 is 0. The average molecular weight is 238 g/mol. The van der Waals surface area contributed by atoms with Crippen LogP contribution in [0.25, 0.3) is 0 Å². The number of rotatable bonds is 6. The largest absolute Gasteiger partial charge is 0.376 e. The van der Waals surface area contributed by atoms with E-state index in [0.717, 1.165) is 0 Å².